The highest BCUT2D eigenvalue weighted by Gasteiger charge is 2.30. The van der Waals surface area contributed by atoms with Crippen LogP contribution in [-0.4, -0.2) is 45.1 Å². The number of aromatic amines is 1. The van der Waals surface area contributed by atoms with Crippen LogP contribution < -0.4 is 4.72 Å². The SMILES string of the molecule is CS(=O)(=O)Nc1ccc2c(c1)c(-c1nn[nH]n1)nn2-c1ccc(C(F)(F)F)cc1. The lowest BCUT2D eigenvalue weighted by Gasteiger charge is -2.09. The van der Waals surface area contributed by atoms with E-state index >= 15 is 0 Å². The van der Waals surface area contributed by atoms with Gasteiger partial charge in [-0.2, -0.15) is 23.5 Å². The maximum Gasteiger partial charge on any atom is 0.416 e. The van der Waals surface area contributed by atoms with E-state index in [1.54, 1.807) is 6.07 Å². The summed E-state index contributed by atoms with van der Waals surface area (Å²) in [5, 5.41) is 18.4. The Balaban J connectivity index is 1.89. The van der Waals surface area contributed by atoms with Crippen molar-refractivity contribution < 1.29 is 21.6 Å². The van der Waals surface area contributed by atoms with Crippen LogP contribution in [0.5, 0.6) is 0 Å². The zero-order chi connectivity index (χ0) is 20.8. The van der Waals surface area contributed by atoms with Crippen LogP contribution in [0, 0.1) is 0 Å². The van der Waals surface area contributed by atoms with Gasteiger partial charge in [-0.25, -0.2) is 13.1 Å². The molecular weight excluding hydrogens is 411 g/mol. The number of H-pyrrole nitrogens is 1. The lowest BCUT2D eigenvalue weighted by atomic mass is 10.1. The van der Waals surface area contributed by atoms with Crippen molar-refractivity contribution in [2.45, 2.75) is 6.18 Å². The number of hydrogen-bond acceptors (Lipinski definition) is 6. The summed E-state index contributed by atoms with van der Waals surface area (Å²) in [6.45, 7) is 0. The van der Waals surface area contributed by atoms with Crippen LogP contribution in [0.2, 0.25) is 0 Å². The second-order valence-corrected chi connectivity index (χ2v) is 7.90. The molecule has 0 aliphatic heterocycles. The highest BCUT2D eigenvalue weighted by atomic mass is 32.2. The Hall–Kier alpha value is -3.48. The molecule has 2 aromatic carbocycles. The average Bonchev–Trinajstić information content (AvgIpc) is 3.27. The summed E-state index contributed by atoms with van der Waals surface area (Å²) in [4.78, 5) is 0. The number of rotatable bonds is 4. The quantitative estimate of drug-likeness (QED) is 0.521. The van der Waals surface area contributed by atoms with Crippen LogP contribution >= 0.6 is 0 Å². The van der Waals surface area contributed by atoms with Crippen LogP contribution in [0.1, 0.15) is 5.56 Å². The molecule has 0 saturated heterocycles. The molecular formula is C16H12F3N7O2S. The lowest BCUT2D eigenvalue weighted by molar-refractivity contribution is -0.137. The Bertz CT molecular complexity index is 1280. The van der Waals surface area contributed by atoms with Crippen molar-refractivity contribution in [3.05, 3.63) is 48.0 Å². The predicted octanol–water partition coefficient (Wildman–Crippen LogP) is 2.60. The van der Waals surface area contributed by atoms with E-state index < -0.39 is 21.8 Å². The summed E-state index contributed by atoms with van der Waals surface area (Å²) in [6.07, 6.45) is -3.43. The van der Waals surface area contributed by atoms with E-state index in [0.717, 1.165) is 18.4 Å². The fourth-order valence-corrected chi connectivity index (χ4v) is 3.37. The number of fused-ring (bicyclic) bond motifs is 1. The standard InChI is InChI=1S/C16H12F3N7O2S/c1-29(27,28)23-10-4-7-13-12(8-10)14(15-20-24-25-21-15)22-26(13)11-5-2-9(3-6-11)16(17,18)19/h2-8,23H,1H3,(H,20,21,24,25). The van der Waals surface area contributed by atoms with Gasteiger partial charge in [0.15, 0.2) is 0 Å². The summed E-state index contributed by atoms with van der Waals surface area (Å²) < 4.78 is 65.4. The van der Waals surface area contributed by atoms with Gasteiger partial charge >= 0.3 is 6.18 Å². The van der Waals surface area contributed by atoms with E-state index in [9.17, 15) is 21.6 Å². The van der Waals surface area contributed by atoms with E-state index in [-0.39, 0.29) is 17.2 Å². The van der Waals surface area contributed by atoms with Gasteiger partial charge in [-0.1, -0.05) is 0 Å². The van der Waals surface area contributed by atoms with Gasteiger partial charge in [-0.15, -0.1) is 10.2 Å². The Labute approximate surface area is 161 Å². The Kier molecular flexibility index (Phi) is 4.26. The molecule has 0 spiro atoms. The van der Waals surface area contributed by atoms with Gasteiger partial charge in [0.05, 0.1) is 23.0 Å². The summed E-state index contributed by atoms with van der Waals surface area (Å²) in [5.74, 6) is 0.150. The van der Waals surface area contributed by atoms with Gasteiger partial charge in [0, 0.05) is 11.1 Å². The number of anilines is 1. The summed E-state index contributed by atoms with van der Waals surface area (Å²) in [7, 11) is -3.51. The first-order chi connectivity index (χ1) is 13.6. The van der Waals surface area contributed by atoms with E-state index in [1.807, 2.05) is 0 Å². The minimum absolute atomic E-state index is 0.150. The van der Waals surface area contributed by atoms with Gasteiger partial charge in [0.1, 0.15) is 5.69 Å². The number of tetrazole rings is 1. The highest BCUT2D eigenvalue weighted by Crippen LogP contribution is 2.32. The van der Waals surface area contributed by atoms with Crippen molar-refractivity contribution in [1.82, 2.24) is 30.4 Å². The highest BCUT2D eigenvalue weighted by molar-refractivity contribution is 7.92. The second kappa shape index (κ2) is 6.55. The third-order valence-electron chi connectivity index (χ3n) is 3.98. The maximum atomic E-state index is 12.8. The fourth-order valence-electron chi connectivity index (χ4n) is 2.81. The second-order valence-electron chi connectivity index (χ2n) is 6.15. The van der Waals surface area contributed by atoms with Crippen LogP contribution in [0.3, 0.4) is 0 Å². The summed E-state index contributed by atoms with van der Waals surface area (Å²) >= 11 is 0. The molecule has 13 heteroatoms. The number of halogens is 3. The van der Waals surface area contributed by atoms with E-state index in [2.05, 4.69) is 30.4 Å². The van der Waals surface area contributed by atoms with Crippen LogP contribution in [0.15, 0.2) is 42.5 Å². The molecule has 9 nitrogen and oxygen atoms in total. The maximum absolute atomic E-state index is 12.8. The number of alkyl halides is 3. The number of nitrogens with zero attached hydrogens (tertiary/aromatic N) is 5. The average molecular weight is 423 g/mol. The normalized spacial score (nSPS) is 12.4. The first-order valence-corrected chi connectivity index (χ1v) is 9.93. The monoisotopic (exact) mass is 423 g/mol. The van der Waals surface area contributed by atoms with Gasteiger partial charge in [-0.05, 0) is 47.7 Å². The zero-order valence-corrected chi connectivity index (χ0v) is 15.5. The van der Waals surface area contributed by atoms with Crippen molar-refractivity contribution in [2.24, 2.45) is 0 Å². The number of benzene rings is 2. The first-order valence-electron chi connectivity index (χ1n) is 8.04. The minimum atomic E-state index is -4.45. The minimum Gasteiger partial charge on any atom is -0.284 e. The molecule has 4 rings (SSSR count). The predicted molar refractivity (Wildman–Crippen MR) is 97.7 cm³/mol. The number of hydrogen-bond donors (Lipinski definition) is 2. The summed E-state index contributed by atoms with van der Waals surface area (Å²) in [6, 6.07) is 9.14. The van der Waals surface area contributed by atoms with Crippen molar-refractivity contribution in [3.8, 4) is 17.2 Å². The molecule has 4 aromatic rings. The Morgan fingerprint density at radius 2 is 1.83 bits per heavy atom. The lowest BCUT2D eigenvalue weighted by Crippen LogP contribution is -2.09. The third kappa shape index (κ3) is 3.76. The molecule has 0 fully saturated rings. The fraction of sp³-hybridized carbons (Fsp3) is 0.125. The molecule has 0 radical (unpaired) electrons. The molecule has 0 bridgehead atoms. The van der Waals surface area contributed by atoms with Crippen molar-refractivity contribution in [2.75, 3.05) is 11.0 Å². The van der Waals surface area contributed by atoms with Crippen molar-refractivity contribution in [3.63, 3.8) is 0 Å². The molecule has 0 aliphatic carbocycles. The Morgan fingerprint density at radius 3 is 2.41 bits per heavy atom. The topological polar surface area (TPSA) is 118 Å². The van der Waals surface area contributed by atoms with Crippen LogP contribution in [0.4, 0.5) is 18.9 Å². The molecule has 0 unspecified atom stereocenters. The third-order valence-corrected chi connectivity index (χ3v) is 4.59. The van der Waals surface area contributed by atoms with Crippen LogP contribution in [0.25, 0.3) is 28.1 Å². The van der Waals surface area contributed by atoms with Gasteiger partial charge in [0.2, 0.25) is 15.8 Å². The van der Waals surface area contributed by atoms with Crippen molar-refractivity contribution >= 4 is 26.6 Å². The van der Waals surface area contributed by atoms with E-state index in [1.165, 1.54) is 28.9 Å². The zero-order valence-electron chi connectivity index (χ0n) is 14.6. The molecule has 0 aliphatic rings. The Morgan fingerprint density at radius 1 is 1.10 bits per heavy atom. The van der Waals surface area contributed by atoms with Crippen molar-refractivity contribution in [1.29, 1.82) is 0 Å². The first kappa shape index (κ1) is 18.9. The smallest absolute Gasteiger partial charge is 0.284 e. The molecule has 0 amide bonds. The molecule has 2 aromatic heterocycles. The van der Waals surface area contributed by atoms with Gasteiger partial charge in [0.25, 0.3) is 0 Å². The van der Waals surface area contributed by atoms with Gasteiger partial charge in [-0.3, -0.25) is 4.72 Å². The molecule has 2 heterocycles. The summed E-state index contributed by atoms with van der Waals surface area (Å²) in [5.41, 5.74) is 0.684. The largest absolute Gasteiger partial charge is 0.416 e. The van der Waals surface area contributed by atoms with E-state index in [0.29, 0.717) is 16.6 Å². The number of nitrogens with one attached hydrogen (secondary N) is 2. The number of sulfonamides is 1. The molecule has 2 N–H and O–H groups in total. The molecule has 0 saturated carbocycles. The molecule has 29 heavy (non-hydrogen) atoms. The van der Waals surface area contributed by atoms with E-state index in [4.69, 9.17) is 0 Å². The molecule has 150 valence electrons. The van der Waals surface area contributed by atoms with Gasteiger partial charge < -0.3 is 0 Å². The number of aromatic nitrogens is 6. The van der Waals surface area contributed by atoms with Crippen LogP contribution in [-0.2, 0) is 16.2 Å². The molecule has 0 atom stereocenters.